The normalized spacial score (nSPS) is 11.6. The van der Waals surface area contributed by atoms with Crippen molar-refractivity contribution in [3.63, 3.8) is 0 Å². The minimum absolute atomic E-state index is 0.107. The maximum atomic E-state index is 11.7. The van der Waals surface area contributed by atoms with Crippen molar-refractivity contribution in [1.82, 2.24) is 0 Å². The van der Waals surface area contributed by atoms with Crippen molar-refractivity contribution < 1.29 is 23.6 Å². The molecule has 0 aromatic heterocycles. The highest BCUT2D eigenvalue weighted by molar-refractivity contribution is 7.46. The number of phosphoric ester groups is 1. The van der Waals surface area contributed by atoms with Crippen molar-refractivity contribution in [2.45, 2.75) is 13.8 Å². The van der Waals surface area contributed by atoms with Gasteiger partial charge in [0, 0.05) is 18.8 Å². The van der Waals surface area contributed by atoms with E-state index < -0.39 is 7.82 Å². The molecule has 0 heterocycles. The lowest BCUT2D eigenvalue weighted by Crippen LogP contribution is -1.96. The molecule has 0 saturated carbocycles. The van der Waals surface area contributed by atoms with E-state index in [2.05, 4.69) is 0 Å². The quantitative estimate of drug-likeness (QED) is 0.151. The molecule has 0 atom stereocenters. The Morgan fingerprint density at radius 1 is 0.575 bits per heavy atom. The Morgan fingerprint density at radius 2 is 1.00 bits per heavy atom. The minimum atomic E-state index is -4.76. The first-order valence-corrected chi connectivity index (χ1v) is 14.6. The van der Waals surface area contributed by atoms with Gasteiger partial charge in [-0.1, -0.05) is 134 Å². The fourth-order valence-electron chi connectivity index (χ4n) is 3.79. The molecule has 0 spiro atoms. The van der Waals surface area contributed by atoms with Crippen molar-refractivity contribution in [2.24, 2.45) is 0 Å². The minimum Gasteiger partial charge on any atom is -0.404 e. The fraction of sp³-hybridized carbons (Fsp3) is 0.118. The predicted octanol–water partition coefficient (Wildman–Crippen LogP) is 8.71. The Bertz CT molecular complexity index is 1440. The molecule has 0 aliphatic carbocycles. The summed E-state index contributed by atoms with van der Waals surface area (Å²) in [5, 5.41) is 0. The van der Waals surface area contributed by atoms with E-state index in [-0.39, 0.29) is 5.75 Å². The van der Waals surface area contributed by atoms with Gasteiger partial charge in [-0.3, -0.25) is 9.79 Å². The topological polar surface area (TPSA) is 76.0 Å². The van der Waals surface area contributed by atoms with Crippen LogP contribution < -0.4 is 4.52 Å². The van der Waals surface area contributed by atoms with Crippen LogP contribution >= 0.6 is 7.82 Å². The van der Waals surface area contributed by atoms with Crippen LogP contribution in [0.2, 0.25) is 0 Å². The zero-order valence-electron chi connectivity index (χ0n) is 22.8. The van der Waals surface area contributed by atoms with Crippen LogP contribution in [0.3, 0.4) is 0 Å². The lowest BCUT2D eigenvalue weighted by molar-refractivity contribution is 0.162. The zero-order valence-corrected chi connectivity index (χ0v) is 23.7. The average Bonchev–Trinajstić information content (AvgIpc) is 2.96. The van der Waals surface area contributed by atoms with Gasteiger partial charge >= 0.3 is 7.82 Å². The van der Waals surface area contributed by atoms with Gasteiger partial charge < -0.3 is 9.26 Å². The molecule has 0 aliphatic heterocycles. The van der Waals surface area contributed by atoms with Crippen LogP contribution in [0.1, 0.15) is 47.2 Å². The molecule has 2 N–H and O–H groups in total. The van der Waals surface area contributed by atoms with Gasteiger partial charge in [-0.2, -0.15) is 0 Å². The Balaban J connectivity index is 0.000000810. The van der Waals surface area contributed by atoms with Gasteiger partial charge in [-0.15, -0.1) is 0 Å². The molecule has 4 aromatic carbocycles. The van der Waals surface area contributed by atoms with Crippen molar-refractivity contribution in [3.05, 3.63) is 137 Å². The molecule has 4 aromatic rings. The Hall–Kier alpha value is -3.99. The van der Waals surface area contributed by atoms with E-state index in [4.69, 9.17) is 9.26 Å². The SMILES string of the molecule is CCOCC.O=P(O)(O)Oc1ccc(/C=C/c2ccccc2)c(/C=C/c2ccccc2)c1/C=C/c1ccccc1. The smallest absolute Gasteiger partial charge is 0.404 e. The molecule has 6 heteroatoms. The molecule has 0 unspecified atom stereocenters. The summed E-state index contributed by atoms with van der Waals surface area (Å²) in [5.74, 6) is 0.107. The number of ether oxygens (including phenoxy) is 1. The van der Waals surface area contributed by atoms with E-state index in [0.717, 1.165) is 41.0 Å². The van der Waals surface area contributed by atoms with E-state index in [1.165, 1.54) is 0 Å². The maximum absolute atomic E-state index is 11.7. The Morgan fingerprint density at radius 3 is 1.40 bits per heavy atom. The van der Waals surface area contributed by atoms with Gasteiger partial charge in [0.2, 0.25) is 0 Å². The van der Waals surface area contributed by atoms with Crippen LogP contribution in [0.25, 0.3) is 36.5 Å². The van der Waals surface area contributed by atoms with E-state index in [0.29, 0.717) is 5.56 Å². The molecule has 40 heavy (non-hydrogen) atoms. The zero-order chi connectivity index (χ0) is 28.6. The van der Waals surface area contributed by atoms with Crippen molar-refractivity contribution in [3.8, 4) is 5.75 Å². The molecule has 0 aliphatic rings. The summed E-state index contributed by atoms with van der Waals surface area (Å²) in [5.41, 5.74) is 5.23. The molecule has 5 nitrogen and oxygen atoms in total. The fourth-order valence-corrected chi connectivity index (χ4v) is 4.20. The highest BCUT2D eigenvalue weighted by Gasteiger charge is 2.20. The van der Waals surface area contributed by atoms with Gasteiger partial charge in [0.05, 0.1) is 0 Å². The largest absolute Gasteiger partial charge is 0.524 e. The molecule has 0 radical (unpaired) electrons. The lowest BCUT2D eigenvalue weighted by Gasteiger charge is -2.15. The second-order valence-corrected chi connectivity index (χ2v) is 9.74. The molecular formula is C34H35O5P. The van der Waals surface area contributed by atoms with Crippen LogP contribution in [-0.2, 0) is 9.30 Å². The molecule has 4 rings (SSSR count). The van der Waals surface area contributed by atoms with Gasteiger partial charge in [-0.05, 0) is 47.7 Å². The number of phosphoric acid groups is 1. The monoisotopic (exact) mass is 554 g/mol. The van der Waals surface area contributed by atoms with Crippen molar-refractivity contribution in [2.75, 3.05) is 13.2 Å². The number of hydrogen-bond donors (Lipinski definition) is 2. The molecule has 0 amide bonds. The van der Waals surface area contributed by atoms with Crippen LogP contribution in [-0.4, -0.2) is 23.0 Å². The van der Waals surface area contributed by atoms with Crippen LogP contribution in [0.4, 0.5) is 0 Å². The second kappa shape index (κ2) is 16.2. The van der Waals surface area contributed by atoms with Crippen molar-refractivity contribution in [1.29, 1.82) is 0 Å². The van der Waals surface area contributed by atoms with E-state index in [1.54, 1.807) is 12.1 Å². The average molecular weight is 555 g/mol. The summed E-state index contributed by atoms with van der Waals surface area (Å²) in [4.78, 5) is 19.1. The highest BCUT2D eigenvalue weighted by atomic mass is 31.2. The summed E-state index contributed by atoms with van der Waals surface area (Å²) < 4.78 is 21.7. The summed E-state index contributed by atoms with van der Waals surface area (Å²) in [6, 6.07) is 32.9. The summed E-state index contributed by atoms with van der Waals surface area (Å²) in [6.45, 7) is 5.67. The standard InChI is InChI=1S/C30H25O4P.C4H10O/c31-35(32,33)34-30-23-20-27(19-16-24-10-4-1-5-11-24)28(21-17-25-12-6-2-7-13-25)29(30)22-18-26-14-8-3-9-15-26;1-3-5-4-2/h1-23H,(H2,31,32,33);3-4H2,1-2H3/b19-16+,21-17+,22-18+;. The first-order valence-electron chi connectivity index (χ1n) is 13.1. The number of benzene rings is 4. The summed E-state index contributed by atoms with van der Waals surface area (Å²) >= 11 is 0. The van der Waals surface area contributed by atoms with Crippen LogP contribution in [0.5, 0.6) is 5.75 Å². The first kappa shape index (κ1) is 30.6. The third-order valence-electron chi connectivity index (χ3n) is 5.65. The van der Waals surface area contributed by atoms with E-state index in [9.17, 15) is 14.4 Å². The van der Waals surface area contributed by atoms with Crippen LogP contribution in [0.15, 0.2) is 103 Å². The summed E-state index contributed by atoms with van der Waals surface area (Å²) in [7, 11) is -4.76. The molecule has 206 valence electrons. The third kappa shape index (κ3) is 10.6. The first-order chi connectivity index (χ1) is 19.4. The number of rotatable bonds is 10. The molecule has 0 fully saturated rings. The lowest BCUT2D eigenvalue weighted by atomic mass is 9.96. The molecular weight excluding hydrogens is 519 g/mol. The molecule has 0 saturated heterocycles. The Labute approximate surface area is 237 Å². The number of hydrogen-bond acceptors (Lipinski definition) is 3. The van der Waals surface area contributed by atoms with E-state index in [1.807, 2.05) is 141 Å². The van der Waals surface area contributed by atoms with Gasteiger partial charge in [0.25, 0.3) is 0 Å². The summed E-state index contributed by atoms with van der Waals surface area (Å²) in [6.07, 6.45) is 11.6. The van der Waals surface area contributed by atoms with Crippen LogP contribution in [0, 0.1) is 0 Å². The second-order valence-electron chi connectivity index (χ2n) is 8.58. The highest BCUT2D eigenvalue weighted by Crippen LogP contribution is 2.42. The van der Waals surface area contributed by atoms with Gasteiger partial charge in [0.15, 0.2) is 0 Å². The predicted molar refractivity (Wildman–Crippen MR) is 167 cm³/mol. The maximum Gasteiger partial charge on any atom is 0.524 e. The Kier molecular flexibility index (Phi) is 12.4. The van der Waals surface area contributed by atoms with Gasteiger partial charge in [-0.25, -0.2) is 4.57 Å². The van der Waals surface area contributed by atoms with Crippen molar-refractivity contribution >= 4 is 44.3 Å². The van der Waals surface area contributed by atoms with Gasteiger partial charge in [0.1, 0.15) is 5.75 Å². The third-order valence-corrected chi connectivity index (χ3v) is 6.08. The van der Waals surface area contributed by atoms with E-state index >= 15 is 0 Å². The molecule has 0 bridgehead atoms.